The van der Waals surface area contributed by atoms with Gasteiger partial charge in [-0.15, -0.1) is 5.10 Å². The summed E-state index contributed by atoms with van der Waals surface area (Å²) in [6.07, 6.45) is 7.00. The summed E-state index contributed by atoms with van der Waals surface area (Å²) >= 11 is 0. The summed E-state index contributed by atoms with van der Waals surface area (Å²) in [6.45, 7) is 6.24. The number of rotatable bonds is 4. The predicted octanol–water partition coefficient (Wildman–Crippen LogP) is 3.76. The first-order valence-corrected chi connectivity index (χ1v) is 11.3. The molecule has 2 fully saturated rings. The van der Waals surface area contributed by atoms with E-state index in [-0.39, 0.29) is 11.6 Å². The van der Waals surface area contributed by atoms with Gasteiger partial charge in [-0.1, -0.05) is 31.9 Å². The van der Waals surface area contributed by atoms with Crippen LogP contribution in [0.3, 0.4) is 0 Å². The summed E-state index contributed by atoms with van der Waals surface area (Å²) < 4.78 is 2.01. The number of aryl methyl sites for hydroxylation is 1. The largest absolute Gasteiger partial charge is 0.322 e. The number of aromatic nitrogens is 5. The highest BCUT2D eigenvalue weighted by Gasteiger charge is 2.34. The number of nitrogens with zero attached hydrogens (tertiary/aromatic N) is 5. The van der Waals surface area contributed by atoms with Crippen molar-refractivity contribution in [2.24, 2.45) is 5.92 Å². The van der Waals surface area contributed by atoms with E-state index < -0.39 is 0 Å². The van der Waals surface area contributed by atoms with E-state index in [4.69, 9.17) is 0 Å². The van der Waals surface area contributed by atoms with Crippen LogP contribution in [-0.2, 0) is 0 Å². The van der Waals surface area contributed by atoms with Crippen molar-refractivity contribution in [3.63, 3.8) is 0 Å². The number of pyridine rings is 1. The maximum absolute atomic E-state index is 13.3. The maximum atomic E-state index is 13.3. The van der Waals surface area contributed by atoms with Crippen molar-refractivity contribution in [1.29, 1.82) is 0 Å². The normalized spacial score (nSPS) is 22.0. The standard InChI is InChI=1S/C23H30N6O/c1-15-9-10-17-13-19(23(30)24-20(17)12-15)21(28-11-5-6-16(2)14-28)22-25-26-27-29(22)18-7-3-4-8-18/h9-10,12-13,16,18,21H,3-8,11,14H2,1-2H3,(H,24,30)/t16-,21-/m1/s1. The van der Waals surface area contributed by atoms with Gasteiger partial charge >= 0.3 is 0 Å². The average molecular weight is 407 g/mol. The number of nitrogens with one attached hydrogen (secondary N) is 1. The van der Waals surface area contributed by atoms with Gasteiger partial charge in [0.05, 0.1) is 6.04 Å². The van der Waals surface area contributed by atoms with E-state index >= 15 is 0 Å². The molecule has 3 heterocycles. The summed E-state index contributed by atoms with van der Waals surface area (Å²) in [5.74, 6) is 1.41. The van der Waals surface area contributed by atoms with Crippen molar-refractivity contribution in [3.8, 4) is 0 Å². The van der Waals surface area contributed by atoms with Gasteiger partial charge in [0, 0.05) is 17.6 Å². The van der Waals surface area contributed by atoms with Crippen LogP contribution >= 0.6 is 0 Å². The van der Waals surface area contributed by atoms with Crippen molar-refractivity contribution in [2.45, 2.75) is 64.5 Å². The first-order chi connectivity index (χ1) is 14.6. The number of H-pyrrole nitrogens is 1. The van der Waals surface area contributed by atoms with Crippen LogP contribution in [0, 0.1) is 12.8 Å². The van der Waals surface area contributed by atoms with Crippen molar-refractivity contribution >= 4 is 10.9 Å². The molecule has 2 aliphatic rings. The Morgan fingerprint density at radius 2 is 1.97 bits per heavy atom. The Balaban J connectivity index is 1.65. The smallest absolute Gasteiger partial charge is 0.253 e. The Bertz CT molecular complexity index is 1100. The highest BCUT2D eigenvalue weighted by atomic mass is 16.1. The minimum Gasteiger partial charge on any atom is -0.322 e. The van der Waals surface area contributed by atoms with E-state index in [1.54, 1.807) is 0 Å². The van der Waals surface area contributed by atoms with Crippen LogP contribution in [0.15, 0.2) is 29.1 Å². The fraction of sp³-hybridized carbons (Fsp3) is 0.565. The van der Waals surface area contributed by atoms with E-state index in [1.165, 1.54) is 19.3 Å². The molecule has 1 aliphatic carbocycles. The van der Waals surface area contributed by atoms with Gasteiger partial charge in [-0.3, -0.25) is 9.69 Å². The van der Waals surface area contributed by atoms with E-state index in [9.17, 15) is 4.79 Å². The quantitative estimate of drug-likeness (QED) is 0.714. The first kappa shape index (κ1) is 19.4. The van der Waals surface area contributed by atoms with Crippen LogP contribution in [0.2, 0.25) is 0 Å². The van der Waals surface area contributed by atoms with Crippen molar-refractivity contribution in [2.75, 3.05) is 13.1 Å². The van der Waals surface area contributed by atoms with Crippen LogP contribution in [-0.4, -0.2) is 43.2 Å². The summed E-state index contributed by atoms with van der Waals surface area (Å²) in [7, 11) is 0. The molecule has 1 aliphatic heterocycles. The third-order valence-corrected chi connectivity index (χ3v) is 6.81. The number of aromatic amines is 1. The third kappa shape index (κ3) is 3.55. The molecule has 158 valence electrons. The number of hydrogen-bond acceptors (Lipinski definition) is 5. The zero-order valence-corrected chi connectivity index (χ0v) is 17.8. The minimum absolute atomic E-state index is 0.0442. The lowest BCUT2D eigenvalue weighted by Crippen LogP contribution is -2.41. The molecule has 1 saturated heterocycles. The van der Waals surface area contributed by atoms with E-state index in [1.807, 2.05) is 23.7 Å². The van der Waals surface area contributed by atoms with Crippen molar-refractivity contribution < 1.29 is 0 Å². The molecule has 1 saturated carbocycles. The molecule has 3 aromatic rings. The van der Waals surface area contributed by atoms with Gasteiger partial charge in [0.15, 0.2) is 5.82 Å². The number of benzene rings is 1. The topological polar surface area (TPSA) is 79.7 Å². The number of piperidine rings is 1. The molecule has 7 heteroatoms. The molecular weight excluding hydrogens is 376 g/mol. The molecule has 5 rings (SSSR count). The van der Waals surface area contributed by atoms with Crippen LogP contribution < -0.4 is 5.56 Å². The lowest BCUT2D eigenvalue weighted by molar-refractivity contribution is 0.139. The molecule has 2 aromatic heterocycles. The zero-order chi connectivity index (χ0) is 20.7. The lowest BCUT2D eigenvalue weighted by atomic mass is 9.95. The SMILES string of the molecule is Cc1ccc2cc([C@H](c3nnnn3C3CCCC3)N3CCC[C@@H](C)C3)c(=O)[nH]c2c1. The molecule has 1 aromatic carbocycles. The van der Waals surface area contributed by atoms with Gasteiger partial charge in [-0.2, -0.15) is 0 Å². The second-order valence-corrected chi connectivity index (χ2v) is 9.21. The van der Waals surface area contributed by atoms with Gasteiger partial charge in [-0.05, 0) is 78.6 Å². The van der Waals surface area contributed by atoms with E-state index in [0.717, 1.165) is 60.2 Å². The fourth-order valence-corrected chi connectivity index (χ4v) is 5.28. The number of likely N-dealkylation sites (tertiary alicyclic amines) is 1. The van der Waals surface area contributed by atoms with Gasteiger partial charge in [0.2, 0.25) is 0 Å². The van der Waals surface area contributed by atoms with Crippen LogP contribution in [0.5, 0.6) is 0 Å². The second-order valence-electron chi connectivity index (χ2n) is 9.21. The van der Waals surface area contributed by atoms with Crippen LogP contribution in [0.25, 0.3) is 10.9 Å². The summed E-state index contributed by atoms with van der Waals surface area (Å²) in [5.41, 5.74) is 2.72. The van der Waals surface area contributed by atoms with E-state index in [0.29, 0.717) is 12.0 Å². The number of hydrogen-bond donors (Lipinski definition) is 1. The summed E-state index contributed by atoms with van der Waals surface area (Å²) in [4.78, 5) is 18.8. The molecule has 0 unspecified atom stereocenters. The third-order valence-electron chi connectivity index (χ3n) is 6.81. The minimum atomic E-state index is -0.224. The summed E-state index contributed by atoms with van der Waals surface area (Å²) in [6, 6.07) is 8.36. The Morgan fingerprint density at radius 3 is 2.77 bits per heavy atom. The molecule has 7 nitrogen and oxygen atoms in total. The Kier molecular flexibility index (Phi) is 5.15. The average Bonchev–Trinajstić information content (AvgIpc) is 3.40. The highest BCUT2D eigenvalue weighted by Crippen LogP contribution is 2.35. The van der Waals surface area contributed by atoms with Gasteiger partial charge in [0.25, 0.3) is 5.56 Å². The molecule has 0 bridgehead atoms. The Hall–Kier alpha value is -2.54. The van der Waals surface area contributed by atoms with Gasteiger partial charge < -0.3 is 4.98 Å². The van der Waals surface area contributed by atoms with E-state index in [2.05, 4.69) is 44.5 Å². The molecule has 0 radical (unpaired) electrons. The molecule has 0 amide bonds. The Labute approximate surface area is 176 Å². The molecule has 0 spiro atoms. The number of tetrazole rings is 1. The predicted molar refractivity (Wildman–Crippen MR) is 116 cm³/mol. The fourth-order valence-electron chi connectivity index (χ4n) is 5.28. The van der Waals surface area contributed by atoms with Crippen LogP contribution in [0.4, 0.5) is 0 Å². The Morgan fingerprint density at radius 1 is 1.13 bits per heavy atom. The van der Waals surface area contributed by atoms with Gasteiger partial charge in [-0.25, -0.2) is 4.68 Å². The summed E-state index contributed by atoms with van der Waals surface area (Å²) in [5, 5.41) is 14.0. The maximum Gasteiger partial charge on any atom is 0.253 e. The second kappa shape index (κ2) is 7.95. The van der Waals surface area contributed by atoms with Crippen molar-refractivity contribution in [3.05, 3.63) is 51.6 Å². The molecule has 2 atom stereocenters. The molecular formula is C23H30N6O. The first-order valence-electron chi connectivity index (χ1n) is 11.3. The molecule has 1 N–H and O–H groups in total. The van der Waals surface area contributed by atoms with Crippen molar-refractivity contribution in [1.82, 2.24) is 30.1 Å². The lowest BCUT2D eigenvalue weighted by Gasteiger charge is -2.36. The van der Waals surface area contributed by atoms with Gasteiger partial charge in [0.1, 0.15) is 6.04 Å². The highest BCUT2D eigenvalue weighted by molar-refractivity contribution is 5.79. The monoisotopic (exact) mass is 406 g/mol. The van der Waals surface area contributed by atoms with Crippen LogP contribution in [0.1, 0.15) is 74.5 Å². The zero-order valence-electron chi connectivity index (χ0n) is 17.8. The molecule has 30 heavy (non-hydrogen) atoms. The number of fused-ring (bicyclic) bond motifs is 1.